The Balaban J connectivity index is 1.93. The lowest BCUT2D eigenvalue weighted by molar-refractivity contribution is -0.139. The third-order valence-corrected chi connectivity index (χ3v) is 6.75. The van der Waals surface area contributed by atoms with Crippen LogP contribution in [0.25, 0.3) is 0 Å². The number of sulfonamides is 1. The molecule has 184 valence electrons. The molecule has 34 heavy (non-hydrogen) atoms. The minimum atomic E-state index is -3.82. The monoisotopic (exact) mass is 489 g/mol. The number of hydrogen-bond donors (Lipinski definition) is 1. The van der Waals surface area contributed by atoms with Crippen molar-refractivity contribution in [2.24, 2.45) is 0 Å². The van der Waals surface area contributed by atoms with E-state index in [0.717, 1.165) is 21.7 Å². The average Bonchev–Trinajstić information content (AvgIpc) is 2.80. The Morgan fingerprint density at radius 1 is 1.09 bits per heavy atom. The summed E-state index contributed by atoms with van der Waals surface area (Å²) in [5.74, 6) is 0.120. The van der Waals surface area contributed by atoms with Crippen LogP contribution in [0.15, 0.2) is 42.5 Å². The standard InChI is InChI=1S/C24H31N3O6S/c1-5-25-24(29)18(3)26(15-19-9-7-6-8-17(19)2)23(28)16-27(34(4,30)31)20-10-11-21-22(14-20)33-13-12-32-21/h6-11,14,18H,5,12-13,15-16H2,1-4H3,(H,25,29). The Kier molecular flexibility index (Phi) is 8.03. The molecule has 0 spiro atoms. The molecule has 9 nitrogen and oxygen atoms in total. The number of carbonyl (C=O) groups is 2. The topological polar surface area (TPSA) is 105 Å². The molecular weight excluding hydrogens is 458 g/mol. The number of ether oxygens (including phenoxy) is 2. The number of carbonyl (C=O) groups excluding carboxylic acids is 2. The SMILES string of the molecule is CCNC(=O)C(C)N(Cc1ccccc1C)C(=O)CN(c1ccc2c(c1)OCCO2)S(C)(=O)=O. The van der Waals surface area contributed by atoms with Crippen molar-refractivity contribution < 1.29 is 27.5 Å². The van der Waals surface area contributed by atoms with Crippen LogP contribution in [0.3, 0.4) is 0 Å². The number of anilines is 1. The summed E-state index contributed by atoms with van der Waals surface area (Å²) in [5, 5.41) is 2.74. The fourth-order valence-corrected chi connectivity index (χ4v) is 4.52. The Morgan fingerprint density at radius 3 is 2.41 bits per heavy atom. The van der Waals surface area contributed by atoms with Gasteiger partial charge in [0.15, 0.2) is 11.5 Å². The van der Waals surface area contributed by atoms with E-state index in [4.69, 9.17) is 9.47 Å². The van der Waals surface area contributed by atoms with E-state index in [-0.39, 0.29) is 18.1 Å². The summed E-state index contributed by atoms with van der Waals surface area (Å²) in [4.78, 5) is 27.5. The normalized spacial score (nSPS) is 13.6. The molecule has 2 aromatic rings. The van der Waals surface area contributed by atoms with Crippen LogP contribution < -0.4 is 19.1 Å². The summed E-state index contributed by atoms with van der Waals surface area (Å²) in [6, 6.07) is 11.5. The number of aryl methyl sites for hydroxylation is 1. The molecule has 1 N–H and O–H groups in total. The van der Waals surface area contributed by atoms with E-state index < -0.39 is 28.5 Å². The zero-order valence-corrected chi connectivity index (χ0v) is 20.7. The van der Waals surface area contributed by atoms with Crippen LogP contribution in [0, 0.1) is 6.92 Å². The number of fused-ring (bicyclic) bond motifs is 1. The second kappa shape index (κ2) is 10.8. The van der Waals surface area contributed by atoms with Crippen molar-refractivity contribution in [2.75, 3.05) is 36.9 Å². The van der Waals surface area contributed by atoms with Gasteiger partial charge in [-0.15, -0.1) is 0 Å². The van der Waals surface area contributed by atoms with Crippen LogP contribution in [0.4, 0.5) is 5.69 Å². The molecule has 0 aliphatic carbocycles. The van der Waals surface area contributed by atoms with E-state index in [0.29, 0.717) is 31.3 Å². The van der Waals surface area contributed by atoms with E-state index in [9.17, 15) is 18.0 Å². The van der Waals surface area contributed by atoms with Crippen molar-refractivity contribution in [2.45, 2.75) is 33.4 Å². The third kappa shape index (κ3) is 5.99. The van der Waals surface area contributed by atoms with Crippen LogP contribution in [-0.4, -0.2) is 63.7 Å². The van der Waals surface area contributed by atoms with Crippen molar-refractivity contribution in [3.63, 3.8) is 0 Å². The number of nitrogens with one attached hydrogen (secondary N) is 1. The second-order valence-electron chi connectivity index (χ2n) is 8.12. The number of amides is 2. The molecule has 1 unspecified atom stereocenters. The van der Waals surface area contributed by atoms with Crippen LogP contribution in [0.5, 0.6) is 11.5 Å². The number of rotatable bonds is 9. The number of hydrogen-bond acceptors (Lipinski definition) is 6. The zero-order chi connectivity index (χ0) is 24.9. The molecule has 0 radical (unpaired) electrons. The van der Waals surface area contributed by atoms with Crippen LogP contribution in [-0.2, 0) is 26.2 Å². The average molecular weight is 490 g/mol. The molecule has 10 heteroatoms. The summed E-state index contributed by atoms with van der Waals surface area (Å²) >= 11 is 0. The smallest absolute Gasteiger partial charge is 0.244 e. The molecule has 1 atom stereocenters. The van der Waals surface area contributed by atoms with Crippen molar-refractivity contribution in [3.8, 4) is 11.5 Å². The third-order valence-electron chi connectivity index (χ3n) is 5.61. The largest absolute Gasteiger partial charge is 0.486 e. The Labute approximate surface area is 200 Å². The van der Waals surface area contributed by atoms with Gasteiger partial charge in [0.1, 0.15) is 25.8 Å². The predicted molar refractivity (Wildman–Crippen MR) is 129 cm³/mol. The lowest BCUT2D eigenvalue weighted by Gasteiger charge is -2.32. The van der Waals surface area contributed by atoms with Crippen LogP contribution in [0.1, 0.15) is 25.0 Å². The van der Waals surface area contributed by atoms with Gasteiger partial charge in [0.25, 0.3) is 0 Å². The van der Waals surface area contributed by atoms with Gasteiger partial charge in [-0.1, -0.05) is 24.3 Å². The van der Waals surface area contributed by atoms with E-state index in [1.807, 2.05) is 31.2 Å². The highest BCUT2D eigenvalue weighted by Crippen LogP contribution is 2.34. The molecule has 0 aromatic heterocycles. The summed E-state index contributed by atoms with van der Waals surface area (Å²) in [6.45, 7) is 6.24. The number of likely N-dealkylation sites (N-methyl/N-ethyl adjacent to an activating group) is 1. The fourth-order valence-electron chi connectivity index (χ4n) is 3.68. The van der Waals surface area contributed by atoms with Gasteiger partial charge in [0.2, 0.25) is 21.8 Å². The lowest BCUT2D eigenvalue weighted by atomic mass is 10.1. The van der Waals surface area contributed by atoms with Gasteiger partial charge in [-0.05, 0) is 44.0 Å². The van der Waals surface area contributed by atoms with Gasteiger partial charge in [-0.25, -0.2) is 8.42 Å². The van der Waals surface area contributed by atoms with Crippen molar-refractivity contribution >= 4 is 27.5 Å². The van der Waals surface area contributed by atoms with Crippen molar-refractivity contribution in [1.29, 1.82) is 0 Å². The molecule has 3 rings (SSSR count). The second-order valence-corrected chi connectivity index (χ2v) is 10.0. The highest BCUT2D eigenvalue weighted by atomic mass is 32.2. The first-order chi connectivity index (χ1) is 16.1. The van der Waals surface area contributed by atoms with Crippen molar-refractivity contribution in [1.82, 2.24) is 10.2 Å². The first-order valence-electron chi connectivity index (χ1n) is 11.1. The molecule has 1 heterocycles. The highest BCUT2D eigenvalue weighted by Gasteiger charge is 2.30. The molecule has 2 amide bonds. The minimum absolute atomic E-state index is 0.169. The highest BCUT2D eigenvalue weighted by molar-refractivity contribution is 7.92. The van der Waals surface area contributed by atoms with E-state index >= 15 is 0 Å². The van der Waals surface area contributed by atoms with Crippen LogP contribution in [0.2, 0.25) is 0 Å². The Bertz CT molecular complexity index is 1150. The van der Waals surface area contributed by atoms with Gasteiger partial charge in [0, 0.05) is 19.2 Å². The van der Waals surface area contributed by atoms with Gasteiger partial charge in [0.05, 0.1) is 11.9 Å². The van der Waals surface area contributed by atoms with Crippen LogP contribution >= 0.6 is 0 Å². The molecule has 0 bridgehead atoms. The Hall–Kier alpha value is -3.27. The molecule has 0 fully saturated rings. The van der Waals surface area contributed by atoms with E-state index in [1.54, 1.807) is 32.0 Å². The number of nitrogens with zero attached hydrogens (tertiary/aromatic N) is 2. The first-order valence-corrected chi connectivity index (χ1v) is 13.0. The zero-order valence-electron chi connectivity index (χ0n) is 19.9. The Morgan fingerprint density at radius 2 is 1.76 bits per heavy atom. The lowest BCUT2D eigenvalue weighted by Crippen LogP contribution is -2.51. The molecule has 0 saturated carbocycles. The van der Waals surface area contributed by atoms with Crippen molar-refractivity contribution in [3.05, 3.63) is 53.6 Å². The summed E-state index contributed by atoms with van der Waals surface area (Å²) in [5.41, 5.74) is 2.12. The molecule has 0 saturated heterocycles. The maximum Gasteiger partial charge on any atom is 0.244 e. The quantitative estimate of drug-likeness (QED) is 0.578. The first kappa shape index (κ1) is 25.4. The maximum atomic E-state index is 13.5. The van der Waals surface area contributed by atoms with E-state index in [1.165, 1.54) is 4.90 Å². The van der Waals surface area contributed by atoms with Gasteiger partial charge in [-0.3, -0.25) is 13.9 Å². The fraction of sp³-hybridized carbons (Fsp3) is 0.417. The van der Waals surface area contributed by atoms with Gasteiger partial charge < -0.3 is 19.7 Å². The summed E-state index contributed by atoms with van der Waals surface area (Å²) in [6.07, 6.45) is 1.04. The minimum Gasteiger partial charge on any atom is -0.486 e. The number of benzene rings is 2. The summed E-state index contributed by atoms with van der Waals surface area (Å²) in [7, 11) is -3.82. The molecule has 2 aromatic carbocycles. The summed E-state index contributed by atoms with van der Waals surface area (Å²) < 4.78 is 37.5. The van der Waals surface area contributed by atoms with Gasteiger partial charge in [-0.2, -0.15) is 0 Å². The molecule has 1 aliphatic rings. The van der Waals surface area contributed by atoms with E-state index in [2.05, 4.69) is 5.32 Å². The predicted octanol–water partition coefficient (Wildman–Crippen LogP) is 2.09. The van der Waals surface area contributed by atoms with Gasteiger partial charge >= 0.3 is 0 Å². The molecule has 1 aliphatic heterocycles. The maximum absolute atomic E-state index is 13.5. The molecular formula is C24H31N3O6S.